The second kappa shape index (κ2) is 9.13. The summed E-state index contributed by atoms with van der Waals surface area (Å²) < 4.78 is 104. The SMILES string of the molecule is F[B-](F)(F)F.F[B-](F)(F)F.F[n+]1ccccc1-c1cccc[n+]1F. The molecule has 0 spiro atoms. The lowest BCUT2D eigenvalue weighted by Crippen LogP contribution is -2.32. The minimum atomic E-state index is -6.00. The Balaban J connectivity index is 0.000000442. The average Bonchev–Trinajstić information content (AvgIpc) is 2.36. The van der Waals surface area contributed by atoms with Crippen LogP contribution >= 0.6 is 0 Å². The van der Waals surface area contributed by atoms with Crippen LogP contribution in [0, 0.1) is 0 Å². The third kappa shape index (κ3) is 12.3. The average molecular weight is 368 g/mol. The first-order valence-electron chi connectivity index (χ1n) is 5.87. The first-order valence-corrected chi connectivity index (χ1v) is 5.87. The van der Waals surface area contributed by atoms with E-state index in [0.717, 1.165) is 0 Å². The Morgan fingerprint density at radius 1 is 0.542 bits per heavy atom. The van der Waals surface area contributed by atoms with Crippen molar-refractivity contribution >= 4 is 14.5 Å². The van der Waals surface area contributed by atoms with Gasteiger partial charge in [-0.3, -0.25) is 0 Å². The maximum atomic E-state index is 13.2. The van der Waals surface area contributed by atoms with Gasteiger partial charge in [-0.1, -0.05) is 0 Å². The van der Waals surface area contributed by atoms with Gasteiger partial charge in [0.15, 0.2) is 0 Å². The minimum Gasteiger partial charge on any atom is -0.418 e. The van der Waals surface area contributed by atoms with Gasteiger partial charge >= 0.3 is 25.9 Å². The molecule has 2 nitrogen and oxygen atoms in total. The molecule has 14 heteroatoms. The standard InChI is InChI=1S/C10H8F2N2.2BF4/c11-13-7-3-1-5-9(13)10-6-2-4-8-14(10)12;2*2-1(3,4)5/h1-8H;;/q+2;2*-1. The molecule has 0 aliphatic heterocycles. The molecule has 24 heavy (non-hydrogen) atoms. The Morgan fingerprint density at radius 3 is 1.00 bits per heavy atom. The zero-order valence-electron chi connectivity index (χ0n) is 11.4. The van der Waals surface area contributed by atoms with Crippen LogP contribution < -0.4 is 9.58 Å². The fourth-order valence-corrected chi connectivity index (χ4v) is 1.24. The molecule has 0 radical (unpaired) electrons. The zero-order valence-corrected chi connectivity index (χ0v) is 11.4. The van der Waals surface area contributed by atoms with E-state index in [9.17, 15) is 43.5 Å². The molecule has 0 atom stereocenters. The van der Waals surface area contributed by atoms with Crippen molar-refractivity contribution in [2.75, 3.05) is 0 Å². The van der Waals surface area contributed by atoms with Gasteiger partial charge in [0, 0.05) is 33.8 Å². The van der Waals surface area contributed by atoms with Crippen molar-refractivity contribution < 1.29 is 53.1 Å². The molecule has 0 aromatic carbocycles. The third-order valence-corrected chi connectivity index (χ3v) is 1.89. The van der Waals surface area contributed by atoms with Gasteiger partial charge in [0.1, 0.15) is 0 Å². The van der Waals surface area contributed by atoms with Crippen molar-refractivity contribution in [1.29, 1.82) is 0 Å². The van der Waals surface area contributed by atoms with Crippen molar-refractivity contribution in [3.63, 3.8) is 0 Å². The summed E-state index contributed by atoms with van der Waals surface area (Å²) in [7, 11) is -12.0. The highest BCUT2D eigenvalue weighted by atomic mass is 19.5. The highest BCUT2D eigenvalue weighted by molar-refractivity contribution is 6.50. The monoisotopic (exact) mass is 368 g/mol. The maximum Gasteiger partial charge on any atom is 0.673 e. The lowest BCUT2D eigenvalue weighted by Gasteiger charge is -1.94. The largest absolute Gasteiger partial charge is 0.673 e. The van der Waals surface area contributed by atoms with Crippen molar-refractivity contribution in [2.45, 2.75) is 0 Å². The topological polar surface area (TPSA) is 7.76 Å². The normalized spacial score (nSPS) is 10.9. The van der Waals surface area contributed by atoms with Crippen molar-refractivity contribution in [3.05, 3.63) is 48.8 Å². The molecule has 0 unspecified atom stereocenters. The van der Waals surface area contributed by atoms with Crippen LogP contribution in [0.3, 0.4) is 0 Å². The maximum absolute atomic E-state index is 13.2. The summed E-state index contributed by atoms with van der Waals surface area (Å²) in [6, 6.07) is 9.39. The van der Waals surface area contributed by atoms with Gasteiger partial charge in [0.2, 0.25) is 12.4 Å². The van der Waals surface area contributed by atoms with Gasteiger partial charge in [-0.2, -0.15) is 0 Å². The summed E-state index contributed by atoms with van der Waals surface area (Å²) in [6.45, 7) is 0. The first-order chi connectivity index (χ1) is 10.8. The highest BCUT2D eigenvalue weighted by Gasteiger charge is 2.24. The van der Waals surface area contributed by atoms with E-state index in [1.165, 1.54) is 36.7 Å². The van der Waals surface area contributed by atoms with E-state index in [1.807, 2.05) is 0 Å². The molecule has 0 fully saturated rings. The van der Waals surface area contributed by atoms with Crippen LogP contribution in [-0.4, -0.2) is 14.5 Å². The number of hydrogen-bond donors (Lipinski definition) is 0. The van der Waals surface area contributed by atoms with Gasteiger partial charge in [-0.15, -0.1) is 0 Å². The van der Waals surface area contributed by atoms with Crippen LogP contribution in [0.15, 0.2) is 48.8 Å². The molecule has 0 saturated carbocycles. The summed E-state index contributed by atoms with van der Waals surface area (Å²) in [5.41, 5.74) is 0.353. The molecule has 0 saturated heterocycles. The van der Waals surface area contributed by atoms with Crippen LogP contribution in [0.2, 0.25) is 0 Å². The summed E-state index contributed by atoms with van der Waals surface area (Å²) in [4.78, 5) is 0.761. The van der Waals surface area contributed by atoms with Crippen molar-refractivity contribution in [3.8, 4) is 11.4 Å². The fraction of sp³-hybridized carbons (Fsp3) is 0. The lowest BCUT2D eigenvalue weighted by atomic mass is 10.2. The third-order valence-electron chi connectivity index (χ3n) is 1.89. The van der Waals surface area contributed by atoms with Crippen LogP contribution in [0.5, 0.6) is 0 Å². The van der Waals surface area contributed by atoms with E-state index in [0.29, 0.717) is 9.58 Å². The molecule has 0 aliphatic carbocycles. The number of nitrogens with zero attached hydrogens (tertiary/aromatic N) is 2. The predicted octanol–water partition coefficient (Wildman–Crippen LogP) is 3.99. The van der Waals surface area contributed by atoms with E-state index in [4.69, 9.17) is 0 Å². The van der Waals surface area contributed by atoms with E-state index >= 15 is 0 Å². The Hall–Kier alpha value is -2.27. The molecular formula is C10H8B2F10N2. The van der Waals surface area contributed by atoms with Gasteiger partial charge in [-0.25, -0.2) is 0 Å². The summed E-state index contributed by atoms with van der Waals surface area (Å²) in [6.07, 6.45) is 2.45. The number of hydrogen-bond acceptors (Lipinski definition) is 0. The molecular weight excluding hydrogens is 360 g/mol. The molecule has 0 bridgehead atoms. The second-order valence-electron chi connectivity index (χ2n) is 3.78. The Bertz CT molecular complexity index is 564. The summed E-state index contributed by atoms with van der Waals surface area (Å²) in [5.74, 6) is 0. The van der Waals surface area contributed by atoms with Gasteiger partial charge < -0.3 is 34.5 Å². The van der Waals surface area contributed by atoms with E-state index in [1.54, 1.807) is 12.1 Å². The number of pyridine rings is 2. The quantitative estimate of drug-likeness (QED) is 0.532. The molecule has 0 aliphatic rings. The molecule has 2 aromatic heterocycles. The molecule has 2 rings (SSSR count). The number of halogens is 10. The van der Waals surface area contributed by atoms with Crippen LogP contribution in [0.25, 0.3) is 11.4 Å². The lowest BCUT2D eigenvalue weighted by molar-refractivity contribution is -0.859. The highest BCUT2D eigenvalue weighted by Crippen LogP contribution is 2.09. The van der Waals surface area contributed by atoms with E-state index in [-0.39, 0.29) is 11.4 Å². The van der Waals surface area contributed by atoms with Gasteiger partial charge in [-0.05, 0) is 12.1 Å². The minimum absolute atomic E-state index is 0.176. The van der Waals surface area contributed by atoms with Crippen molar-refractivity contribution in [1.82, 2.24) is 0 Å². The summed E-state index contributed by atoms with van der Waals surface area (Å²) in [5, 5.41) is 0. The first kappa shape index (κ1) is 21.7. The molecule has 0 N–H and O–H groups in total. The molecule has 0 amide bonds. The smallest absolute Gasteiger partial charge is 0.418 e. The Labute approximate surface area is 129 Å². The van der Waals surface area contributed by atoms with E-state index in [2.05, 4.69) is 0 Å². The predicted molar refractivity (Wildman–Crippen MR) is 65.7 cm³/mol. The van der Waals surface area contributed by atoms with Crippen LogP contribution in [0.4, 0.5) is 43.5 Å². The van der Waals surface area contributed by atoms with E-state index < -0.39 is 14.5 Å². The Kier molecular flexibility index (Phi) is 8.27. The fourth-order valence-electron chi connectivity index (χ4n) is 1.24. The van der Waals surface area contributed by atoms with Crippen LogP contribution in [-0.2, 0) is 0 Å². The van der Waals surface area contributed by atoms with Crippen LogP contribution in [0.1, 0.15) is 0 Å². The number of aromatic nitrogens is 2. The zero-order chi connectivity index (χ0) is 19.0. The number of rotatable bonds is 1. The summed E-state index contributed by atoms with van der Waals surface area (Å²) >= 11 is 0. The molecule has 134 valence electrons. The molecule has 2 aromatic rings. The Morgan fingerprint density at radius 2 is 0.792 bits per heavy atom. The second-order valence-corrected chi connectivity index (χ2v) is 3.78. The van der Waals surface area contributed by atoms with Crippen molar-refractivity contribution in [2.24, 2.45) is 0 Å². The molecule has 2 heterocycles. The van der Waals surface area contributed by atoms with Gasteiger partial charge in [0.05, 0.1) is 8.96 Å². The van der Waals surface area contributed by atoms with Gasteiger partial charge in [0.25, 0.3) is 0 Å².